The zero-order chi connectivity index (χ0) is 10.6. The molecular weight excluding hydrogens is 205 g/mol. The minimum absolute atomic E-state index is 0.247. The van der Waals surface area contributed by atoms with Gasteiger partial charge in [0.05, 0.1) is 5.02 Å². The third kappa shape index (κ3) is 3.47. The van der Waals surface area contributed by atoms with E-state index in [1.54, 1.807) is 0 Å². The lowest BCUT2D eigenvalue weighted by molar-refractivity contribution is 0.424. The van der Waals surface area contributed by atoms with Crippen molar-refractivity contribution < 1.29 is 4.39 Å². The Morgan fingerprint density at radius 2 is 2.29 bits per heavy atom. The molecule has 0 unspecified atom stereocenters. The predicted octanol–water partition coefficient (Wildman–Crippen LogP) is 1.85. The SMILES string of the molecule is CN(C)CCNc1ncc(Cl)cc1F. The molecule has 1 aromatic rings. The molecule has 78 valence electrons. The molecule has 5 heteroatoms. The highest BCUT2D eigenvalue weighted by molar-refractivity contribution is 6.30. The van der Waals surface area contributed by atoms with E-state index in [0.29, 0.717) is 11.6 Å². The third-order valence-corrected chi connectivity index (χ3v) is 1.87. The van der Waals surface area contributed by atoms with Crippen LogP contribution in [0.25, 0.3) is 0 Å². The summed E-state index contributed by atoms with van der Waals surface area (Å²) in [4.78, 5) is 5.84. The topological polar surface area (TPSA) is 28.2 Å². The minimum atomic E-state index is -0.420. The van der Waals surface area contributed by atoms with E-state index in [-0.39, 0.29) is 5.82 Å². The van der Waals surface area contributed by atoms with Crippen molar-refractivity contribution in [2.24, 2.45) is 0 Å². The zero-order valence-electron chi connectivity index (χ0n) is 8.22. The van der Waals surface area contributed by atoms with Crippen LogP contribution in [0.4, 0.5) is 10.2 Å². The fourth-order valence-electron chi connectivity index (χ4n) is 0.943. The highest BCUT2D eigenvalue weighted by Crippen LogP contribution is 2.14. The molecule has 0 fully saturated rings. The Bertz CT molecular complexity index is 304. The number of hydrogen-bond acceptors (Lipinski definition) is 3. The largest absolute Gasteiger partial charge is 0.366 e. The second-order valence-electron chi connectivity index (χ2n) is 3.21. The van der Waals surface area contributed by atoms with Gasteiger partial charge in [-0.25, -0.2) is 9.37 Å². The molecule has 0 radical (unpaired) electrons. The van der Waals surface area contributed by atoms with Crippen LogP contribution in [0.1, 0.15) is 0 Å². The van der Waals surface area contributed by atoms with Crippen molar-refractivity contribution in [1.82, 2.24) is 9.88 Å². The normalized spacial score (nSPS) is 10.6. The van der Waals surface area contributed by atoms with Crippen molar-refractivity contribution in [2.75, 3.05) is 32.5 Å². The number of aromatic nitrogens is 1. The van der Waals surface area contributed by atoms with E-state index in [2.05, 4.69) is 10.3 Å². The molecule has 0 aliphatic carbocycles. The lowest BCUT2D eigenvalue weighted by atomic mass is 10.4. The summed E-state index contributed by atoms with van der Waals surface area (Å²) >= 11 is 5.56. The highest BCUT2D eigenvalue weighted by atomic mass is 35.5. The highest BCUT2D eigenvalue weighted by Gasteiger charge is 2.03. The number of halogens is 2. The van der Waals surface area contributed by atoms with Gasteiger partial charge in [-0.15, -0.1) is 0 Å². The van der Waals surface area contributed by atoms with E-state index in [0.717, 1.165) is 6.54 Å². The zero-order valence-corrected chi connectivity index (χ0v) is 8.98. The summed E-state index contributed by atoms with van der Waals surface area (Å²) in [5.41, 5.74) is 0. The first-order valence-electron chi connectivity index (χ1n) is 4.29. The average molecular weight is 218 g/mol. The predicted molar refractivity (Wildman–Crippen MR) is 56.2 cm³/mol. The average Bonchev–Trinajstić information content (AvgIpc) is 2.08. The second kappa shape index (κ2) is 5.12. The summed E-state index contributed by atoms with van der Waals surface area (Å²) in [5, 5.41) is 3.19. The van der Waals surface area contributed by atoms with Gasteiger partial charge in [0.2, 0.25) is 0 Å². The summed E-state index contributed by atoms with van der Waals surface area (Å²) < 4.78 is 13.2. The van der Waals surface area contributed by atoms with Crippen molar-refractivity contribution in [2.45, 2.75) is 0 Å². The van der Waals surface area contributed by atoms with Crippen LogP contribution in [0.2, 0.25) is 5.02 Å². The molecule has 0 amide bonds. The van der Waals surface area contributed by atoms with Crippen LogP contribution in [0, 0.1) is 5.82 Å². The van der Waals surface area contributed by atoms with E-state index in [1.165, 1.54) is 12.3 Å². The van der Waals surface area contributed by atoms with Gasteiger partial charge in [0, 0.05) is 19.3 Å². The fourth-order valence-corrected chi connectivity index (χ4v) is 1.09. The Morgan fingerprint density at radius 1 is 1.57 bits per heavy atom. The Morgan fingerprint density at radius 3 is 2.86 bits per heavy atom. The molecule has 0 spiro atoms. The molecule has 0 bridgehead atoms. The van der Waals surface area contributed by atoms with Crippen LogP contribution in [-0.2, 0) is 0 Å². The Balaban J connectivity index is 2.51. The summed E-state index contributed by atoms with van der Waals surface area (Å²) in [6.07, 6.45) is 1.42. The Kier molecular flexibility index (Phi) is 4.10. The lowest BCUT2D eigenvalue weighted by Crippen LogP contribution is -2.21. The molecule has 1 heterocycles. The molecule has 1 rings (SSSR count). The van der Waals surface area contributed by atoms with Crippen LogP contribution in [0.15, 0.2) is 12.3 Å². The van der Waals surface area contributed by atoms with E-state index in [4.69, 9.17) is 11.6 Å². The number of nitrogens with zero attached hydrogens (tertiary/aromatic N) is 2. The summed E-state index contributed by atoms with van der Waals surface area (Å²) in [6, 6.07) is 1.24. The van der Waals surface area contributed by atoms with Crippen molar-refractivity contribution >= 4 is 17.4 Å². The monoisotopic (exact) mass is 217 g/mol. The summed E-state index contributed by atoms with van der Waals surface area (Å²) in [7, 11) is 3.90. The first-order valence-corrected chi connectivity index (χ1v) is 4.67. The summed E-state index contributed by atoms with van der Waals surface area (Å²) in [6.45, 7) is 1.47. The number of nitrogens with one attached hydrogen (secondary N) is 1. The first-order chi connectivity index (χ1) is 6.59. The van der Waals surface area contributed by atoms with E-state index in [1.807, 2.05) is 19.0 Å². The Labute approximate surface area is 87.9 Å². The molecule has 0 saturated heterocycles. The number of pyridine rings is 1. The van der Waals surface area contributed by atoms with Gasteiger partial charge in [0.15, 0.2) is 11.6 Å². The van der Waals surface area contributed by atoms with Crippen molar-refractivity contribution in [1.29, 1.82) is 0 Å². The molecule has 0 saturated carbocycles. The van der Waals surface area contributed by atoms with E-state index >= 15 is 0 Å². The van der Waals surface area contributed by atoms with Gasteiger partial charge in [-0.1, -0.05) is 11.6 Å². The van der Waals surface area contributed by atoms with Gasteiger partial charge in [-0.05, 0) is 20.2 Å². The van der Waals surface area contributed by atoms with Gasteiger partial charge in [0.25, 0.3) is 0 Å². The van der Waals surface area contributed by atoms with E-state index in [9.17, 15) is 4.39 Å². The van der Waals surface area contributed by atoms with Gasteiger partial charge in [-0.2, -0.15) is 0 Å². The molecule has 0 atom stereocenters. The van der Waals surface area contributed by atoms with Gasteiger partial charge in [-0.3, -0.25) is 0 Å². The Hall–Kier alpha value is -0.870. The van der Waals surface area contributed by atoms with Crippen LogP contribution in [0.3, 0.4) is 0 Å². The molecule has 1 N–H and O–H groups in total. The number of hydrogen-bond donors (Lipinski definition) is 1. The van der Waals surface area contributed by atoms with Gasteiger partial charge < -0.3 is 10.2 Å². The maximum absolute atomic E-state index is 13.2. The summed E-state index contributed by atoms with van der Waals surface area (Å²) in [5.74, 6) is -0.174. The van der Waals surface area contributed by atoms with Crippen LogP contribution < -0.4 is 5.32 Å². The number of anilines is 1. The lowest BCUT2D eigenvalue weighted by Gasteiger charge is -2.11. The van der Waals surface area contributed by atoms with Gasteiger partial charge >= 0.3 is 0 Å². The molecule has 3 nitrogen and oxygen atoms in total. The standard InChI is InChI=1S/C9H13ClFN3/c1-14(2)4-3-12-9-8(11)5-7(10)6-13-9/h5-6H,3-4H2,1-2H3,(H,12,13). The van der Waals surface area contributed by atoms with Crippen LogP contribution >= 0.6 is 11.6 Å². The van der Waals surface area contributed by atoms with Crippen molar-refractivity contribution in [3.63, 3.8) is 0 Å². The van der Waals surface area contributed by atoms with Crippen LogP contribution in [-0.4, -0.2) is 37.1 Å². The molecule has 0 aliphatic rings. The minimum Gasteiger partial charge on any atom is -0.366 e. The van der Waals surface area contributed by atoms with E-state index < -0.39 is 5.82 Å². The fraction of sp³-hybridized carbons (Fsp3) is 0.444. The third-order valence-electron chi connectivity index (χ3n) is 1.66. The maximum atomic E-state index is 13.2. The molecule has 14 heavy (non-hydrogen) atoms. The van der Waals surface area contributed by atoms with Crippen molar-refractivity contribution in [3.8, 4) is 0 Å². The molecule has 0 aromatic carbocycles. The number of rotatable bonds is 4. The smallest absolute Gasteiger partial charge is 0.166 e. The van der Waals surface area contributed by atoms with Gasteiger partial charge in [0.1, 0.15) is 0 Å². The molecule has 1 aromatic heterocycles. The quantitative estimate of drug-likeness (QED) is 0.835. The number of likely N-dealkylation sites (N-methyl/N-ethyl adjacent to an activating group) is 1. The first kappa shape index (κ1) is 11.2. The maximum Gasteiger partial charge on any atom is 0.166 e. The van der Waals surface area contributed by atoms with Crippen LogP contribution in [0.5, 0.6) is 0 Å². The molecular formula is C9H13ClFN3. The van der Waals surface area contributed by atoms with Crippen molar-refractivity contribution in [3.05, 3.63) is 23.1 Å². The second-order valence-corrected chi connectivity index (χ2v) is 3.65. The molecule has 0 aliphatic heterocycles.